The maximum Gasteiger partial charge on any atom is 0.324 e. The molecule has 0 bridgehead atoms. The molecule has 1 aliphatic heterocycles. The van der Waals surface area contributed by atoms with E-state index in [4.69, 9.17) is 0 Å². The molecule has 0 spiro atoms. The van der Waals surface area contributed by atoms with E-state index in [1.807, 2.05) is 20.8 Å². The van der Waals surface area contributed by atoms with Gasteiger partial charge in [-0.05, 0) is 6.42 Å². The van der Waals surface area contributed by atoms with Crippen LogP contribution in [0.5, 0.6) is 0 Å². The highest BCUT2D eigenvalue weighted by Gasteiger charge is 2.26. The van der Waals surface area contributed by atoms with E-state index >= 15 is 0 Å². The fraction of sp³-hybridized carbons (Fsp3) is 0.750. The Morgan fingerprint density at radius 1 is 1.42 bits per heavy atom. The van der Waals surface area contributed by atoms with Crippen LogP contribution in [-0.2, 0) is 4.79 Å². The average Bonchev–Trinajstić information content (AvgIpc) is 2.40. The summed E-state index contributed by atoms with van der Waals surface area (Å²) >= 11 is 0. The fourth-order valence-corrected chi connectivity index (χ4v) is 0.905. The van der Waals surface area contributed by atoms with Gasteiger partial charge in [0, 0.05) is 6.54 Å². The molecule has 0 atom stereocenters. The van der Waals surface area contributed by atoms with Crippen LogP contribution in [0, 0.1) is 0 Å². The quantitative estimate of drug-likeness (QED) is 0.631. The lowest BCUT2D eigenvalue weighted by Crippen LogP contribution is -2.31. The molecule has 1 heterocycles. The smallest absolute Gasteiger partial charge is 0.324 e. The second-order valence-corrected chi connectivity index (χ2v) is 2.20. The van der Waals surface area contributed by atoms with Gasteiger partial charge in [0.2, 0.25) is 5.91 Å². The molecule has 0 radical (unpaired) electrons. The van der Waals surface area contributed by atoms with Crippen LogP contribution in [0.3, 0.4) is 0 Å². The SMILES string of the molecule is CC.CCCN1C(=O)CNC1=O. The van der Waals surface area contributed by atoms with Crippen LogP contribution in [0.4, 0.5) is 4.79 Å². The van der Waals surface area contributed by atoms with Crippen molar-refractivity contribution >= 4 is 11.9 Å². The molecule has 70 valence electrons. The lowest BCUT2D eigenvalue weighted by atomic mass is 10.4. The van der Waals surface area contributed by atoms with E-state index in [0.29, 0.717) is 6.54 Å². The largest absolute Gasteiger partial charge is 0.329 e. The van der Waals surface area contributed by atoms with E-state index in [-0.39, 0.29) is 18.5 Å². The predicted molar refractivity (Wildman–Crippen MR) is 46.8 cm³/mol. The van der Waals surface area contributed by atoms with Gasteiger partial charge in [-0.2, -0.15) is 0 Å². The van der Waals surface area contributed by atoms with Crippen LogP contribution >= 0.6 is 0 Å². The minimum atomic E-state index is -0.258. The van der Waals surface area contributed by atoms with E-state index in [9.17, 15) is 9.59 Å². The average molecular weight is 172 g/mol. The van der Waals surface area contributed by atoms with E-state index in [1.165, 1.54) is 4.90 Å². The first-order chi connectivity index (χ1) is 5.75. The molecule has 1 fully saturated rings. The Balaban J connectivity index is 0.000000561. The van der Waals surface area contributed by atoms with Crippen molar-refractivity contribution in [1.82, 2.24) is 10.2 Å². The zero-order chi connectivity index (χ0) is 9.56. The van der Waals surface area contributed by atoms with Crippen molar-refractivity contribution in [3.8, 4) is 0 Å². The molecule has 1 N–H and O–H groups in total. The maximum absolute atomic E-state index is 10.8. The third-order valence-corrected chi connectivity index (χ3v) is 1.38. The standard InChI is InChI=1S/C6H10N2O2.C2H6/c1-2-3-8-5(9)4-7-6(8)10;1-2/h2-4H2,1H3,(H,7,10);1-2H3. The second kappa shape index (κ2) is 5.57. The fourth-order valence-electron chi connectivity index (χ4n) is 0.905. The van der Waals surface area contributed by atoms with E-state index in [0.717, 1.165) is 6.42 Å². The van der Waals surface area contributed by atoms with Gasteiger partial charge in [-0.1, -0.05) is 20.8 Å². The number of hydrogen-bond donors (Lipinski definition) is 1. The van der Waals surface area contributed by atoms with Crippen LogP contribution in [0.15, 0.2) is 0 Å². The van der Waals surface area contributed by atoms with Crippen LogP contribution in [-0.4, -0.2) is 29.9 Å². The monoisotopic (exact) mass is 172 g/mol. The maximum atomic E-state index is 10.8. The van der Waals surface area contributed by atoms with E-state index < -0.39 is 0 Å². The summed E-state index contributed by atoms with van der Waals surface area (Å²) < 4.78 is 0. The van der Waals surface area contributed by atoms with Gasteiger partial charge >= 0.3 is 6.03 Å². The molecule has 4 heteroatoms. The Morgan fingerprint density at radius 2 is 2.00 bits per heavy atom. The molecule has 1 saturated heterocycles. The number of nitrogens with zero attached hydrogens (tertiary/aromatic N) is 1. The number of carbonyl (C=O) groups excluding carboxylic acids is 2. The van der Waals surface area contributed by atoms with Gasteiger partial charge in [0.05, 0.1) is 6.54 Å². The summed E-state index contributed by atoms with van der Waals surface area (Å²) in [6.45, 7) is 6.63. The molecule has 12 heavy (non-hydrogen) atoms. The molecule has 0 aromatic rings. The minimum Gasteiger partial charge on any atom is -0.329 e. The first kappa shape index (κ1) is 10.9. The number of hydrogen-bond acceptors (Lipinski definition) is 2. The van der Waals surface area contributed by atoms with Crippen LogP contribution < -0.4 is 5.32 Å². The summed E-state index contributed by atoms with van der Waals surface area (Å²) in [6, 6.07) is -0.258. The molecular formula is C8H16N2O2. The normalized spacial score (nSPS) is 15.4. The Bertz CT molecular complexity index is 152. The van der Waals surface area contributed by atoms with Crippen molar-refractivity contribution in [3.63, 3.8) is 0 Å². The zero-order valence-corrected chi connectivity index (χ0v) is 7.89. The van der Waals surface area contributed by atoms with Gasteiger partial charge in [-0.3, -0.25) is 9.69 Å². The Morgan fingerprint density at radius 3 is 2.33 bits per heavy atom. The van der Waals surface area contributed by atoms with Crippen molar-refractivity contribution in [2.24, 2.45) is 0 Å². The van der Waals surface area contributed by atoms with Crippen molar-refractivity contribution in [3.05, 3.63) is 0 Å². The molecule has 0 aromatic carbocycles. The van der Waals surface area contributed by atoms with Gasteiger partial charge < -0.3 is 5.32 Å². The predicted octanol–water partition coefficient (Wildman–Crippen LogP) is 0.974. The number of urea groups is 1. The number of rotatable bonds is 2. The van der Waals surface area contributed by atoms with Gasteiger partial charge in [0.1, 0.15) is 0 Å². The van der Waals surface area contributed by atoms with E-state index in [1.54, 1.807) is 0 Å². The third-order valence-electron chi connectivity index (χ3n) is 1.38. The number of amides is 3. The first-order valence-electron chi connectivity index (χ1n) is 4.34. The summed E-state index contributed by atoms with van der Waals surface area (Å²) in [6.07, 6.45) is 0.819. The van der Waals surface area contributed by atoms with Gasteiger partial charge in [-0.15, -0.1) is 0 Å². The molecule has 0 aromatic heterocycles. The summed E-state index contributed by atoms with van der Waals surface area (Å²) in [4.78, 5) is 22.8. The molecular weight excluding hydrogens is 156 g/mol. The Kier molecular flexibility index (Phi) is 5.08. The Labute approximate surface area is 72.9 Å². The summed E-state index contributed by atoms with van der Waals surface area (Å²) in [7, 11) is 0. The van der Waals surface area contributed by atoms with Crippen molar-refractivity contribution < 1.29 is 9.59 Å². The minimum absolute atomic E-state index is 0.119. The lowest BCUT2D eigenvalue weighted by molar-refractivity contribution is -0.124. The summed E-state index contributed by atoms with van der Waals surface area (Å²) in [5, 5.41) is 2.44. The highest BCUT2D eigenvalue weighted by molar-refractivity contribution is 6.01. The van der Waals surface area contributed by atoms with Gasteiger partial charge in [-0.25, -0.2) is 4.79 Å². The molecule has 3 amide bonds. The third kappa shape index (κ3) is 2.53. The van der Waals surface area contributed by atoms with Crippen molar-refractivity contribution in [2.75, 3.05) is 13.1 Å². The van der Waals surface area contributed by atoms with Crippen LogP contribution in [0.1, 0.15) is 27.2 Å². The topological polar surface area (TPSA) is 49.4 Å². The van der Waals surface area contributed by atoms with Crippen LogP contribution in [0.25, 0.3) is 0 Å². The Hall–Kier alpha value is -1.06. The van der Waals surface area contributed by atoms with Gasteiger partial charge in [0.25, 0.3) is 0 Å². The zero-order valence-electron chi connectivity index (χ0n) is 7.89. The van der Waals surface area contributed by atoms with Crippen molar-refractivity contribution in [2.45, 2.75) is 27.2 Å². The number of nitrogens with one attached hydrogen (secondary N) is 1. The molecule has 0 unspecified atom stereocenters. The molecule has 0 aliphatic carbocycles. The number of carbonyl (C=O) groups is 2. The molecule has 4 nitrogen and oxygen atoms in total. The molecule has 1 rings (SSSR count). The highest BCUT2D eigenvalue weighted by Crippen LogP contribution is 1.98. The summed E-state index contributed by atoms with van der Waals surface area (Å²) in [5.41, 5.74) is 0. The van der Waals surface area contributed by atoms with Crippen molar-refractivity contribution in [1.29, 1.82) is 0 Å². The highest BCUT2D eigenvalue weighted by atomic mass is 16.2. The second-order valence-electron chi connectivity index (χ2n) is 2.20. The lowest BCUT2D eigenvalue weighted by Gasteiger charge is -2.08. The van der Waals surface area contributed by atoms with Crippen LogP contribution in [0.2, 0.25) is 0 Å². The first-order valence-corrected chi connectivity index (χ1v) is 4.34. The number of imide groups is 1. The van der Waals surface area contributed by atoms with E-state index in [2.05, 4.69) is 5.32 Å². The molecule has 1 aliphatic rings. The molecule has 0 saturated carbocycles. The van der Waals surface area contributed by atoms with Gasteiger partial charge in [0.15, 0.2) is 0 Å². The summed E-state index contributed by atoms with van der Waals surface area (Å²) in [5.74, 6) is -0.119.